The highest BCUT2D eigenvalue weighted by Crippen LogP contribution is 2.40. The maximum absolute atomic E-state index is 12.8. The number of hydrogen-bond donors (Lipinski definition) is 0. The zero-order valence-corrected chi connectivity index (χ0v) is 19.5. The molecule has 3 aliphatic rings. The zero-order chi connectivity index (χ0) is 21.7. The average Bonchev–Trinajstić information content (AvgIpc) is 3.20. The first-order chi connectivity index (χ1) is 15.7. The molecule has 170 valence electrons. The summed E-state index contributed by atoms with van der Waals surface area (Å²) in [6.07, 6.45) is 8.21. The summed E-state index contributed by atoms with van der Waals surface area (Å²) in [5, 5.41) is 10.8. The summed E-state index contributed by atoms with van der Waals surface area (Å²) >= 11 is 6.63. The second-order valence-electron chi connectivity index (χ2n) is 9.11. The van der Waals surface area contributed by atoms with Crippen LogP contribution in [0.15, 0.2) is 28.8 Å². The fraction of sp³-hybridized carbons (Fsp3) is 0.565. The third-order valence-electron chi connectivity index (χ3n) is 6.85. The van der Waals surface area contributed by atoms with E-state index in [1.165, 1.54) is 0 Å². The molecule has 32 heavy (non-hydrogen) atoms. The van der Waals surface area contributed by atoms with Gasteiger partial charge >= 0.3 is 0 Å². The lowest BCUT2D eigenvalue weighted by atomic mass is 10.0. The van der Waals surface area contributed by atoms with Gasteiger partial charge in [-0.1, -0.05) is 23.7 Å². The van der Waals surface area contributed by atoms with Crippen LogP contribution < -0.4 is 0 Å². The van der Waals surface area contributed by atoms with Crippen molar-refractivity contribution in [2.24, 2.45) is 5.92 Å². The number of rotatable bonds is 6. The van der Waals surface area contributed by atoms with Gasteiger partial charge in [0.25, 0.3) is 0 Å². The fourth-order valence-corrected chi connectivity index (χ4v) is 6.94. The number of aromatic nitrogens is 3. The molecule has 0 radical (unpaired) electrons. The average molecular weight is 475 g/mol. The monoisotopic (exact) mass is 474 g/mol. The van der Waals surface area contributed by atoms with Crippen LogP contribution in [0, 0.1) is 5.92 Å². The molecule has 0 amide bonds. The van der Waals surface area contributed by atoms with Crippen LogP contribution in [-0.2, 0) is 22.3 Å². The van der Waals surface area contributed by atoms with E-state index in [4.69, 9.17) is 20.8 Å². The molecule has 1 saturated carbocycles. The van der Waals surface area contributed by atoms with Crippen molar-refractivity contribution >= 4 is 33.5 Å². The molecule has 2 aromatic heterocycles. The first-order valence-electron chi connectivity index (χ1n) is 11.6. The van der Waals surface area contributed by atoms with Crippen LogP contribution in [-0.4, -0.2) is 48.3 Å². The second kappa shape index (κ2) is 8.56. The van der Waals surface area contributed by atoms with E-state index < -0.39 is 11.0 Å². The molecule has 7 nitrogen and oxygen atoms in total. The predicted octanol–water partition coefficient (Wildman–Crippen LogP) is 4.73. The normalized spacial score (nSPS) is 23.8. The second-order valence-corrected chi connectivity index (χ2v) is 11.2. The van der Waals surface area contributed by atoms with E-state index >= 15 is 0 Å². The lowest BCUT2D eigenvalue weighted by molar-refractivity contribution is 0.0616. The molecule has 0 N–H and O–H groups in total. The van der Waals surface area contributed by atoms with Crippen LogP contribution >= 0.6 is 11.6 Å². The molecule has 6 rings (SSSR count). The number of para-hydroxylation sites is 1. The first-order valence-corrected chi connectivity index (χ1v) is 13.1. The highest BCUT2D eigenvalue weighted by atomic mass is 35.5. The topological polar surface area (TPSA) is 73.4 Å². The summed E-state index contributed by atoms with van der Waals surface area (Å²) in [4.78, 5) is 0. The molecule has 2 atom stereocenters. The van der Waals surface area contributed by atoms with E-state index in [1.54, 1.807) is 0 Å². The predicted molar refractivity (Wildman–Crippen MR) is 124 cm³/mol. The van der Waals surface area contributed by atoms with Gasteiger partial charge in [0.15, 0.2) is 0 Å². The maximum atomic E-state index is 12.8. The van der Waals surface area contributed by atoms with Gasteiger partial charge in [0, 0.05) is 43.1 Å². The Morgan fingerprint density at radius 2 is 1.97 bits per heavy atom. The Morgan fingerprint density at radius 1 is 1.12 bits per heavy atom. The van der Waals surface area contributed by atoms with E-state index in [2.05, 4.69) is 31.3 Å². The van der Waals surface area contributed by atoms with E-state index in [-0.39, 0.29) is 6.04 Å². The molecular formula is C23H27ClN4O3S. The minimum Gasteiger partial charge on any atom is -0.419 e. The fourth-order valence-electron chi connectivity index (χ4n) is 4.98. The number of benzene rings is 1. The third kappa shape index (κ3) is 3.81. The Balaban J connectivity index is 1.33. The highest BCUT2D eigenvalue weighted by molar-refractivity contribution is 7.83. The van der Waals surface area contributed by atoms with Gasteiger partial charge in [-0.2, -0.15) is 0 Å². The van der Waals surface area contributed by atoms with Gasteiger partial charge < -0.3 is 13.7 Å². The van der Waals surface area contributed by atoms with E-state index in [0.717, 1.165) is 86.3 Å². The van der Waals surface area contributed by atoms with Crippen molar-refractivity contribution in [2.75, 3.05) is 19.8 Å². The van der Waals surface area contributed by atoms with Gasteiger partial charge in [0.05, 0.1) is 27.1 Å². The molecule has 1 aliphatic carbocycles. The molecule has 0 bridgehead atoms. The summed E-state index contributed by atoms with van der Waals surface area (Å²) in [5.41, 5.74) is 1.91. The molecule has 3 aromatic rings. The first kappa shape index (κ1) is 20.8. The smallest absolute Gasteiger partial charge is 0.249 e. The molecule has 1 aromatic carbocycles. The van der Waals surface area contributed by atoms with Crippen molar-refractivity contribution in [1.82, 2.24) is 19.1 Å². The van der Waals surface area contributed by atoms with Crippen molar-refractivity contribution in [3.05, 3.63) is 35.3 Å². The molecule has 1 unspecified atom stereocenters. The van der Waals surface area contributed by atoms with Gasteiger partial charge in [-0.25, -0.2) is 8.51 Å². The number of ether oxygens (including phenoxy) is 1. The van der Waals surface area contributed by atoms with Crippen LogP contribution in [0.1, 0.15) is 50.5 Å². The van der Waals surface area contributed by atoms with E-state index in [9.17, 15) is 4.21 Å². The number of nitrogens with zero attached hydrogens (tertiary/aromatic N) is 4. The van der Waals surface area contributed by atoms with Crippen molar-refractivity contribution in [1.29, 1.82) is 0 Å². The van der Waals surface area contributed by atoms with Crippen LogP contribution in [0.3, 0.4) is 0 Å². The maximum Gasteiger partial charge on any atom is 0.249 e. The van der Waals surface area contributed by atoms with Crippen LogP contribution in [0.5, 0.6) is 0 Å². The third-order valence-corrected chi connectivity index (χ3v) is 9.09. The lowest BCUT2D eigenvalue weighted by Crippen LogP contribution is -2.28. The highest BCUT2D eigenvalue weighted by Gasteiger charge is 2.40. The van der Waals surface area contributed by atoms with Crippen LogP contribution in [0.25, 0.3) is 22.4 Å². The van der Waals surface area contributed by atoms with Gasteiger partial charge in [-0.05, 0) is 50.5 Å². The number of fused-ring (bicyclic) bond motifs is 1. The lowest BCUT2D eigenvalue weighted by Gasteiger charge is -2.23. The molecule has 9 heteroatoms. The number of halogens is 1. The Kier molecular flexibility index (Phi) is 5.57. The minimum atomic E-state index is -0.954. The Morgan fingerprint density at radius 3 is 2.78 bits per heavy atom. The molecule has 2 aliphatic heterocycles. The largest absolute Gasteiger partial charge is 0.419 e. The Labute approximate surface area is 194 Å². The van der Waals surface area contributed by atoms with Crippen LogP contribution in [0.2, 0.25) is 5.02 Å². The van der Waals surface area contributed by atoms with Gasteiger partial charge in [0.1, 0.15) is 6.04 Å². The standard InChI is InChI=1S/C23H27ClN4O3S/c24-19-4-1-3-17-18(14-27(21(17)19)13-15-8-11-30-12-9-15)22-25-26-23(31-22)20-5-2-10-28(20)32(29)16-6-7-16/h1,3-4,14-16,20H,2,5-13H2/t20-,32?/m0/s1. The van der Waals surface area contributed by atoms with Gasteiger partial charge in [-0.3, -0.25) is 0 Å². The van der Waals surface area contributed by atoms with E-state index in [0.29, 0.717) is 22.9 Å². The van der Waals surface area contributed by atoms with Gasteiger partial charge in [0.2, 0.25) is 11.8 Å². The minimum absolute atomic E-state index is 0.0585. The SMILES string of the molecule is O=S(C1CC1)N1CCC[C@H]1c1nnc(-c2cn(CC3CCOCC3)c3c(Cl)cccc23)o1. The molecular weight excluding hydrogens is 448 g/mol. The summed E-state index contributed by atoms with van der Waals surface area (Å²) in [5.74, 6) is 1.63. The summed E-state index contributed by atoms with van der Waals surface area (Å²) < 4.78 is 28.8. The van der Waals surface area contributed by atoms with Gasteiger partial charge in [-0.15, -0.1) is 10.2 Å². The summed E-state index contributed by atoms with van der Waals surface area (Å²) in [6, 6.07) is 5.89. The Hall–Kier alpha value is -1.74. The zero-order valence-electron chi connectivity index (χ0n) is 17.9. The summed E-state index contributed by atoms with van der Waals surface area (Å²) in [7, 11) is -0.954. The Bertz CT molecular complexity index is 1150. The molecule has 0 spiro atoms. The van der Waals surface area contributed by atoms with Crippen molar-refractivity contribution in [2.45, 2.75) is 56.4 Å². The summed E-state index contributed by atoms with van der Waals surface area (Å²) in [6.45, 7) is 3.35. The molecule has 4 heterocycles. The van der Waals surface area contributed by atoms with Crippen molar-refractivity contribution in [3.63, 3.8) is 0 Å². The van der Waals surface area contributed by atoms with E-state index in [1.807, 2.05) is 12.1 Å². The number of hydrogen-bond acceptors (Lipinski definition) is 5. The van der Waals surface area contributed by atoms with Crippen molar-refractivity contribution in [3.8, 4) is 11.5 Å². The van der Waals surface area contributed by atoms with Crippen LogP contribution in [0.4, 0.5) is 0 Å². The van der Waals surface area contributed by atoms with Crippen molar-refractivity contribution < 1.29 is 13.4 Å². The molecule has 2 saturated heterocycles. The quantitative estimate of drug-likeness (QED) is 0.516. The molecule has 3 fully saturated rings.